The molecule has 0 saturated heterocycles. The molecule has 0 unspecified atom stereocenters. The van der Waals surface area contributed by atoms with Crippen LogP contribution in [0.4, 0.5) is 0 Å². The van der Waals surface area contributed by atoms with Gasteiger partial charge in [-0.3, -0.25) is 0 Å². The molecule has 2 rings (SSSR count). The van der Waals surface area contributed by atoms with Crippen molar-refractivity contribution < 1.29 is 9.84 Å². The third-order valence-electron chi connectivity index (χ3n) is 2.71. The lowest BCUT2D eigenvalue weighted by Crippen LogP contribution is -1.97. The van der Waals surface area contributed by atoms with E-state index >= 15 is 0 Å². The minimum Gasteiger partial charge on any atom is -0.456 e. The molecule has 0 amide bonds. The average molecular weight is 397 g/mol. The normalized spacial score (nSPS) is 11.8. The fraction of sp³-hybridized carbons (Fsp3) is 0.133. The van der Waals surface area contributed by atoms with E-state index in [1.54, 1.807) is 31.2 Å². The molecule has 0 bridgehead atoms. The number of nitrogens with zero attached hydrogens (tertiary/aromatic N) is 1. The van der Waals surface area contributed by atoms with Crippen LogP contribution in [0.5, 0.6) is 11.5 Å². The molecule has 0 spiro atoms. The van der Waals surface area contributed by atoms with Crippen molar-refractivity contribution in [2.24, 2.45) is 0 Å². The van der Waals surface area contributed by atoms with Gasteiger partial charge in [0.05, 0.1) is 22.2 Å². The summed E-state index contributed by atoms with van der Waals surface area (Å²) in [6.07, 6.45) is -0.674. The molecule has 0 aliphatic rings. The SMILES string of the molecule is C[C@@H](O)c1ccc(C#N)cc1Oc1ccc(Br)cc1Br. The van der Waals surface area contributed by atoms with E-state index in [1.807, 2.05) is 12.1 Å². The topological polar surface area (TPSA) is 53.2 Å². The molecule has 0 heterocycles. The highest BCUT2D eigenvalue weighted by Gasteiger charge is 2.12. The monoisotopic (exact) mass is 395 g/mol. The van der Waals surface area contributed by atoms with Crippen molar-refractivity contribution in [3.8, 4) is 17.6 Å². The van der Waals surface area contributed by atoms with E-state index in [0.717, 1.165) is 8.95 Å². The van der Waals surface area contributed by atoms with Crippen LogP contribution in [0.3, 0.4) is 0 Å². The summed E-state index contributed by atoms with van der Waals surface area (Å²) >= 11 is 6.79. The van der Waals surface area contributed by atoms with Gasteiger partial charge in [-0.05, 0) is 53.2 Å². The van der Waals surface area contributed by atoms with E-state index in [9.17, 15) is 5.11 Å². The number of hydrogen-bond donors (Lipinski definition) is 1. The zero-order valence-electron chi connectivity index (χ0n) is 10.6. The van der Waals surface area contributed by atoms with Crippen molar-refractivity contribution in [3.05, 3.63) is 56.5 Å². The van der Waals surface area contributed by atoms with E-state index in [2.05, 4.69) is 37.9 Å². The Bertz CT molecular complexity index is 678. The fourth-order valence-corrected chi connectivity index (χ4v) is 2.84. The molecule has 0 aromatic heterocycles. The molecule has 1 N–H and O–H groups in total. The first kappa shape index (κ1) is 15.0. The summed E-state index contributed by atoms with van der Waals surface area (Å²) < 4.78 is 7.53. The second kappa shape index (κ2) is 6.40. The van der Waals surface area contributed by atoms with E-state index in [1.165, 1.54) is 0 Å². The van der Waals surface area contributed by atoms with E-state index in [0.29, 0.717) is 22.6 Å². The zero-order valence-corrected chi connectivity index (χ0v) is 13.8. The van der Waals surface area contributed by atoms with Crippen LogP contribution in [0, 0.1) is 11.3 Å². The summed E-state index contributed by atoms with van der Waals surface area (Å²) in [4.78, 5) is 0. The molecule has 3 nitrogen and oxygen atoms in total. The summed E-state index contributed by atoms with van der Waals surface area (Å²) in [5.74, 6) is 1.09. The van der Waals surface area contributed by atoms with Crippen molar-refractivity contribution in [1.82, 2.24) is 0 Å². The van der Waals surface area contributed by atoms with Crippen molar-refractivity contribution in [2.45, 2.75) is 13.0 Å². The summed E-state index contributed by atoms with van der Waals surface area (Å²) in [5, 5.41) is 18.7. The Morgan fingerprint density at radius 2 is 1.90 bits per heavy atom. The molecule has 0 aliphatic heterocycles. The molecule has 2 aromatic rings. The molecule has 0 saturated carbocycles. The number of nitriles is 1. The maximum Gasteiger partial charge on any atom is 0.141 e. The largest absolute Gasteiger partial charge is 0.456 e. The number of hydrogen-bond acceptors (Lipinski definition) is 3. The van der Waals surface area contributed by atoms with Crippen LogP contribution in [-0.2, 0) is 0 Å². The lowest BCUT2D eigenvalue weighted by molar-refractivity contribution is 0.195. The van der Waals surface area contributed by atoms with Crippen LogP contribution in [0.2, 0.25) is 0 Å². The highest BCUT2D eigenvalue weighted by molar-refractivity contribution is 9.11. The molecule has 1 atom stereocenters. The van der Waals surface area contributed by atoms with E-state index in [-0.39, 0.29) is 0 Å². The van der Waals surface area contributed by atoms with Crippen LogP contribution in [0.1, 0.15) is 24.2 Å². The van der Waals surface area contributed by atoms with Gasteiger partial charge in [0.25, 0.3) is 0 Å². The van der Waals surface area contributed by atoms with Crippen molar-refractivity contribution in [3.63, 3.8) is 0 Å². The predicted molar refractivity (Wildman–Crippen MR) is 83.7 cm³/mol. The number of rotatable bonds is 3. The van der Waals surface area contributed by atoms with Crippen LogP contribution in [0.15, 0.2) is 45.3 Å². The third kappa shape index (κ3) is 3.40. The van der Waals surface area contributed by atoms with Gasteiger partial charge in [0.2, 0.25) is 0 Å². The van der Waals surface area contributed by atoms with Crippen LogP contribution in [0.25, 0.3) is 0 Å². The van der Waals surface area contributed by atoms with Gasteiger partial charge in [0.15, 0.2) is 0 Å². The molecule has 2 aromatic carbocycles. The summed E-state index contributed by atoms with van der Waals surface area (Å²) in [7, 11) is 0. The van der Waals surface area contributed by atoms with Crippen LogP contribution >= 0.6 is 31.9 Å². The van der Waals surface area contributed by atoms with E-state index in [4.69, 9.17) is 10.00 Å². The molecule has 0 fully saturated rings. The molecule has 20 heavy (non-hydrogen) atoms. The molecular formula is C15H11Br2NO2. The molecule has 102 valence electrons. The van der Waals surface area contributed by atoms with Gasteiger partial charge in [0.1, 0.15) is 11.5 Å². The first-order chi connectivity index (χ1) is 9.51. The van der Waals surface area contributed by atoms with Gasteiger partial charge in [-0.1, -0.05) is 22.0 Å². The number of ether oxygens (including phenoxy) is 1. The second-order valence-corrected chi connectivity index (χ2v) is 5.99. The Kier molecular flexibility index (Phi) is 4.81. The van der Waals surface area contributed by atoms with Crippen molar-refractivity contribution >= 4 is 31.9 Å². The maximum absolute atomic E-state index is 9.78. The number of aliphatic hydroxyl groups excluding tert-OH is 1. The Labute approximate surface area is 134 Å². The highest BCUT2D eigenvalue weighted by Crippen LogP contribution is 2.35. The molecule has 5 heteroatoms. The highest BCUT2D eigenvalue weighted by atomic mass is 79.9. The maximum atomic E-state index is 9.78. The minimum absolute atomic E-state index is 0.474. The Balaban J connectivity index is 2.43. The lowest BCUT2D eigenvalue weighted by atomic mass is 10.1. The van der Waals surface area contributed by atoms with Crippen molar-refractivity contribution in [2.75, 3.05) is 0 Å². The van der Waals surface area contributed by atoms with Crippen LogP contribution in [-0.4, -0.2) is 5.11 Å². The minimum atomic E-state index is -0.674. The first-order valence-electron chi connectivity index (χ1n) is 5.86. The summed E-state index contributed by atoms with van der Waals surface area (Å²) in [6.45, 7) is 1.66. The third-order valence-corrected chi connectivity index (χ3v) is 3.82. The fourth-order valence-electron chi connectivity index (χ4n) is 1.71. The van der Waals surface area contributed by atoms with Gasteiger partial charge in [-0.15, -0.1) is 0 Å². The van der Waals surface area contributed by atoms with Crippen molar-refractivity contribution in [1.29, 1.82) is 5.26 Å². The average Bonchev–Trinajstić information content (AvgIpc) is 2.41. The quantitative estimate of drug-likeness (QED) is 0.800. The van der Waals surface area contributed by atoms with Gasteiger partial charge >= 0.3 is 0 Å². The second-order valence-electron chi connectivity index (χ2n) is 4.22. The molecule has 0 radical (unpaired) electrons. The van der Waals surface area contributed by atoms with Gasteiger partial charge < -0.3 is 9.84 Å². The first-order valence-corrected chi connectivity index (χ1v) is 7.45. The molecule has 0 aliphatic carbocycles. The predicted octanol–water partition coefficient (Wildman–Crippen LogP) is 4.93. The Morgan fingerprint density at radius 1 is 1.15 bits per heavy atom. The summed E-state index contributed by atoms with van der Waals surface area (Å²) in [5.41, 5.74) is 1.12. The summed E-state index contributed by atoms with van der Waals surface area (Å²) in [6, 6.07) is 12.6. The Morgan fingerprint density at radius 3 is 2.50 bits per heavy atom. The zero-order chi connectivity index (χ0) is 14.7. The smallest absolute Gasteiger partial charge is 0.141 e. The van der Waals surface area contributed by atoms with Crippen LogP contribution < -0.4 is 4.74 Å². The number of aliphatic hydroxyl groups is 1. The van der Waals surface area contributed by atoms with Gasteiger partial charge in [-0.25, -0.2) is 0 Å². The number of benzene rings is 2. The van der Waals surface area contributed by atoms with E-state index < -0.39 is 6.10 Å². The molecular weight excluding hydrogens is 386 g/mol. The standard InChI is InChI=1S/C15H11Br2NO2/c1-9(19)12-4-2-10(8-18)6-15(12)20-14-5-3-11(16)7-13(14)17/h2-7,9,19H,1H3/t9-/m1/s1. The van der Waals surface area contributed by atoms with Gasteiger partial charge in [-0.2, -0.15) is 5.26 Å². The van der Waals surface area contributed by atoms with Gasteiger partial charge in [0, 0.05) is 10.0 Å². The Hall–Kier alpha value is -1.35. The lowest BCUT2D eigenvalue weighted by Gasteiger charge is -2.14. The number of halogens is 2.